The van der Waals surface area contributed by atoms with Crippen LogP contribution in [-0.2, 0) is 30.5 Å². The highest BCUT2D eigenvalue weighted by Gasteiger charge is 2.42. The van der Waals surface area contributed by atoms with E-state index in [0.29, 0.717) is 60.4 Å². The number of nitrogens with zero attached hydrogens (tertiary/aromatic N) is 3. The molecule has 0 bridgehead atoms. The van der Waals surface area contributed by atoms with Crippen molar-refractivity contribution in [3.8, 4) is 40.0 Å². The molecule has 298 valence electrons. The molecule has 14 heteroatoms. The predicted octanol–water partition coefficient (Wildman–Crippen LogP) is 8.11. The molecule has 2 atom stereocenters. The van der Waals surface area contributed by atoms with E-state index in [9.17, 15) is 28.2 Å². The Hall–Kier alpha value is -4.43. The molecule has 7 rings (SSSR count). The number of carbonyl (C=O) groups is 1. The van der Waals surface area contributed by atoms with E-state index in [2.05, 4.69) is 10.3 Å². The fourth-order valence-electron chi connectivity index (χ4n) is 8.45. The van der Waals surface area contributed by atoms with E-state index in [1.54, 1.807) is 18.9 Å². The summed E-state index contributed by atoms with van der Waals surface area (Å²) in [7, 11) is 2.91. The normalized spacial score (nSPS) is 23.4. The summed E-state index contributed by atoms with van der Waals surface area (Å²) in [6, 6.07) is 16.2. The molecule has 4 aromatic rings. The number of halogens is 4. The van der Waals surface area contributed by atoms with Gasteiger partial charge in [0, 0.05) is 41.9 Å². The van der Waals surface area contributed by atoms with Crippen molar-refractivity contribution < 1.29 is 42.4 Å². The molecule has 2 aliphatic carbocycles. The molecule has 0 unspecified atom stereocenters. The van der Waals surface area contributed by atoms with Gasteiger partial charge in [0.15, 0.2) is 0 Å². The fourth-order valence-corrected chi connectivity index (χ4v) is 8.77. The van der Waals surface area contributed by atoms with Crippen LogP contribution in [0.15, 0.2) is 54.6 Å². The lowest BCUT2D eigenvalue weighted by Crippen LogP contribution is -2.44. The molecule has 1 aliphatic heterocycles. The second-order valence-corrected chi connectivity index (χ2v) is 16.2. The lowest BCUT2D eigenvalue weighted by molar-refractivity contribution is -0.147. The van der Waals surface area contributed by atoms with Crippen LogP contribution in [0.5, 0.6) is 17.6 Å². The van der Waals surface area contributed by atoms with Gasteiger partial charge in [0.1, 0.15) is 11.7 Å². The number of alkyl halides is 3. The lowest BCUT2D eigenvalue weighted by Gasteiger charge is -2.41. The average molecular weight is 795 g/mol. The molecule has 0 spiro atoms. The van der Waals surface area contributed by atoms with E-state index in [0.717, 1.165) is 53.3 Å². The Bertz CT molecular complexity index is 2120. The number of nitrogens with one attached hydrogen (secondary N) is 1. The molecule has 1 saturated heterocycles. The minimum Gasteiger partial charge on any atom is -0.481 e. The van der Waals surface area contributed by atoms with Gasteiger partial charge in [-0.2, -0.15) is 18.2 Å². The summed E-state index contributed by atoms with van der Waals surface area (Å²) in [5.74, 6) is -0.615. The van der Waals surface area contributed by atoms with Crippen LogP contribution >= 0.6 is 11.6 Å². The van der Waals surface area contributed by atoms with Gasteiger partial charge in [-0.25, -0.2) is 4.98 Å². The molecule has 2 aromatic carbocycles. The number of ether oxygens (including phenoxy) is 3. The zero-order chi connectivity index (χ0) is 40.0. The summed E-state index contributed by atoms with van der Waals surface area (Å²) in [5.41, 5.74) is 3.12. The number of aliphatic hydroxyl groups is 1. The summed E-state index contributed by atoms with van der Waals surface area (Å²) in [4.78, 5) is 22.6. The lowest BCUT2D eigenvalue weighted by atomic mass is 9.72. The summed E-state index contributed by atoms with van der Waals surface area (Å²) in [6.07, 6.45) is -2.59. The third-order valence-corrected chi connectivity index (χ3v) is 11.8. The first-order valence-corrected chi connectivity index (χ1v) is 19.1. The van der Waals surface area contributed by atoms with E-state index in [1.807, 2.05) is 55.5 Å². The maximum Gasteiger partial charge on any atom is 0.421 e. The molecule has 3 aliphatic rings. The topological polar surface area (TPSA) is 126 Å². The first kappa shape index (κ1) is 39.8. The largest absolute Gasteiger partial charge is 0.481 e. The third-order valence-electron chi connectivity index (χ3n) is 11.4. The predicted molar refractivity (Wildman–Crippen MR) is 205 cm³/mol. The van der Waals surface area contributed by atoms with Gasteiger partial charge in [-0.05, 0) is 93.8 Å². The van der Waals surface area contributed by atoms with Crippen molar-refractivity contribution in [1.82, 2.24) is 20.2 Å². The molecule has 10 nitrogen and oxygen atoms in total. The zero-order valence-corrected chi connectivity index (χ0v) is 32.6. The smallest absolute Gasteiger partial charge is 0.421 e. The van der Waals surface area contributed by atoms with Crippen LogP contribution in [0.25, 0.3) is 22.4 Å². The Kier molecular flexibility index (Phi) is 11.0. The number of pyridine rings is 2. The van der Waals surface area contributed by atoms with Crippen molar-refractivity contribution in [3.63, 3.8) is 0 Å². The van der Waals surface area contributed by atoms with Crippen molar-refractivity contribution in [3.05, 3.63) is 87.4 Å². The highest BCUT2D eigenvalue weighted by Crippen LogP contribution is 2.46. The van der Waals surface area contributed by atoms with Gasteiger partial charge >= 0.3 is 12.1 Å². The molecule has 3 heterocycles. The number of benzene rings is 2. The standard InChI is InChI=1S/C42H46ClF3N4O6/c1-40(39(51)52)15-16-50(23-40)22-26-17-32(42(44,45)46)38(49-37(26)55-4)56-34-14-12-28-27(7-5-8-29(28)34)30-9-6-10-31(35(30)43)33-13-11-25(36(48-33)54-3)21-47-20-24-18-41(2,53)19-24/h5-11,13,17,24,34,47,53H,12,14-16,18-23H2,1-4H3,(H,51,52)/t24-,34-,40+,41-/m0/s1. The number of aromatic nitrogens is 2. The minimum absolute atomic E-state index is 0.00843. The fraction of sp³-hybridized carbons (Fsp3) is 0.452. The second kappa shape index (κ2) is 15.5. The molecule has 2 aromatic heterocycles. The number of aliphatic carboxylic acids is 1. The second-order valence-electron chi connectivity index (χ2n) is 15.8. The van der Waals surface area contributed by atoms with Crippen molar-refractivity contribution in [2.75, 3.05) is 33.9 Å². The SMILES string of the molecule is COc1nc(-c2cccc(-c3cccc4c3CC[C@@H]4Oc3nc(OC)c(CN4CC[C@@](C)(C(=O)O)C4)cc3C(F)(F)F)c2Cl)ccc1CNC[C@H]1C[C@](C)(O)C1. The Morgan fingerprint density at radius 2 is 1.68 bits per heavy atom. The summed E-state index contributed by atoms with van der Waals surface area (Å²) in [6.45, 7) is 5.51. The maximum absolute atomic E-state index is 14.6. The van der Waals surface area contributed by atoms with Crippen LogP contribution in [0, 0.1) is 11.3 Å². The van der Waals surface area contributed by atoms with Crippen molar-refractivity contribution >= 4 is 17.6 Å². The Morgan fingerprint density at radius 1 is 0.982 bits per heavy atom. The summed E-state index contributed by atoms with van der Waals surface area (Å²) in [5, 5.41) is 23.6. The molecular weight excluding hydrogens is 749 g/mol. The number of carboxylic acids is 1. The molecule has 2 fully saturated rings. The molecule has 1 saturated carbocycles. The summed E-state index contributed by atoms with van der Waals surface area (Å²) >= 11 is 7.13. The average Bonchev–Trinajstić information content (AvgIpc) is 3.74. The van der Waals surface area contributed by atoms with E-state index in [1.165, 1.54) is 7.11 Å². The van der Waals surface area contributed by atoms with Gasteiger partial charge < -0.3 is 29.7 Å². The number of hydrogen-bond acceptors (Lipinski definition) is 9. The molecule has 0 radical (unpaired) electrons. The highest BCUT2D eigenvalue weighted by molar-refractivity contribution is 6.36. The molecular formula is C42H46ClF3N4O6. The van der Waals surface area contributed by atoms with Crippen LogP contribution in [0.4, 0.5) is 13.2 Å². The van der Waals surface area contributed by atoms with Gasteiger partial charge in [-0.3, -0.25) is 9.69 Å². The quantitative estimate of drug-likeness (QED) is 0.122. The summed E-state index contributed by atoms with van der Waals surface area (Å²) < 4.78 is 61.0. The van der Waals surface area contributed by atoms with Crippen LogP contribution in [0.2, 0.25) is 5.02 Å². The van der Waals surface area contributed by atoms with E-state index >= 15 is 0 Å². The van der Waals surface area contributed by atoms with Crippen LogP contribution in [0.3, 0.4) is 0 Å². The van der Waals surface area contributed by atoms with Gasteiger partial charge in [0.25, 0.3) is 0 Å². The number of carboxylic acid groups (broad SMARTS) is 1. The monoisotopic (exact) mass is 794 g/mol. The van der Waals surface area contributed by atoms with Gasteiger partial charge in [-0.15, -0.1) is 0 Å². The molecule has 56 heavy (non-hydrogen) atoms. The van der Waals surface area contributed by atoms with E-state index < -0.39 is 40.7 Å². The number of hydrogen-bond donors (Lipinski definition) is 3. The van der Waals surface area contributed by atoms with Crippen LogP contribution in [0.1, 0.15) is 73.5 Å². The Labute approximate surface area is 329 Å². The van der Waals surface area contributed by atoms with Gasteiger partial charge in [0.05, 0.1) is 36.0 Å². The van der Waals surface area contributed by atoms with Gasteiger partial charge in [0.2, 0.25) is 17.6 Å². The van der Waals surface area contributed by atoms with E-state index in [4.69, 9.17) is 30.8 Å². The highest BCUT2D eigenvalue weighted by atomic mass is 35.5. The van der Waals surface area contributed by atoms with E-state index in [-0.39, 0.29) is 24.5 Å². The van der Waals surface area contributed by atoms with Crippen LogP contribution < -0.4 is 19.5 Å². The third kappa shape index (κ3) is 8.04. The number of fused-ring (bicyclic) bond motifs is 1. The maximum atomic E-state index is 14.6. The van der Waals surface area contributed by atoms with Gasteiger partial charge in [-0.1, -0.05) is 54.1 Å². The number of methoxy groups -OCH3 is 2. The first-order chi connectivity index (χ1) is 26.6. The number of likely N-dealkylation sites (tertiary alicyclic amines) is 1. The molecule has 0 amide bonds. The van der Waals surface area contributed by atoms with Crippen molar-refractivity contribution in [1.29, 1.82) is 0 Å². The zero-order valence-electron chi connectivity index (χ0n) is 31.8. The Morgan fingerprint density at radius 3 is 2.36 bits per heavy atom. The van der Waals surface area contributed by atoms with Crippen molar-refractivity contribution in [2.45, 2.75) is 76.9 Å². The van der Waals surface area contributed by atoms with Crippen LogP contribution in [-0.4, -0.2) is 70.5 Å². The van der Waals surface area contributed by atoms with Crippen molar-refractivity contribution in [2.24, 2.45) is 11.3 Å². The minimum atomic E-state index is -4.77. The molecule has 3 N–H and O–H groups in total. The first-order valence-electron chi connectivity index (χ1n) is 18.7. The Balaban J connectivity index is 1.12. The number of rotatable bonds is 13.